The molecular weight excluding hydrogens is 462 g/mol. The smallest absolute Gasteiger partial charge is 0.348 e. The van der Waals surface area contributed by atoms with Gasteiger partial charge in [-0.05, 0) is 48.0 Å². The number of thioether (sulfide) groups is 1. The largest absolute Gasteiger partial charge is 0.506 e. The average Bonchev–Trinajstić information content (AvgIpc) is 2.98. The first-order valence-electron chi connectivity index (χ1n) is 8.47. The van der Waals surface area contributed by atoms with Gasteiger partial charge in [0.05, 0.1) is 29.8 Å². The first-order valence-corrected chi connectivity index (χ1v) is 10.1. The fraction of sp³-hybridized carbons (Fsp3) is 0.250. The predicted molar refractivity (Wildman–Crippen MR) is 111 cm³/mol. The normalized spacial score (nSPS) is 20.7. The molecule has 1 aromatic carbocycles. The number of ketones is 1. The van der Waals surface area contributed by atoms with Crippen LogP contribution in [0.25, 0.3) is 0 Å². The number of phenols is 1. The number of halogens is 1. The van der Waals surface area contributed by atoms with Crippen LogP contribution in [0.2, 0.25) is 0 Å². The third-order valence-corrected chi connectivity index (χ3v) is 6.93. The molecule has 2 heterocycles. The molecule has 0 bridgehead atoms. The molecule has 1 atom stereocenters. The van der Waals surface area contributed by atoms with Crippen molar-refractivity contribution in [3.63, 3.8) is 0 Å². The van der Waals surface area contributed by atoms with E-state index in [1.807, 2.05) is 6.92 Å². The van der Waals surface area contributed by atoms with Gasteiger partial charge in [-0.1, -0.05) is 17.8 Å². The molecule has 0 saturated heterocycles. The number of Topliss-reactive ketones (excluding diaryl/α,β-unsaturated/α-hetero) is 1. The molecule has 0 spiro atoms. The highest BCUT2D eigenvalue weighted by molar-refractivity contribution is 9.10. The van der Waals surface area contributed by atoms with Crippen LogP contribution in [-0.2, 0) is 19.1 Å². The minimum absolute atomic E-state index is 0.0339. The van der Waals surface area contributed by atoms with Crippen LogP contribution in [0.5, 0.6) is 5.75 Å². The van der Waals surface area contributed by atoms with Gasteiger partial charge in [0, 0.05) is 22.4 Å². The summed E-state index contributed by atoms with van der Waals surface area (Å²) < 4.78 is 10.3. The van der Waals surface area contributed by atoms with Crippen LogP contribution < -0.4 is 0 Å². The number of ether oxygens (including phenoxy) is 2. The lowest BCUT2D eigenvalue weighted by molar-refractivity contribution is -0.149. The number of methoxy groups -OCH3 is 2. The number of benzene rings is 1. The molecule has 0 amide bonds. The monoisotopic (exact) mass is 479 g/mol. The molecule has 152 valence electrons. The van der Waals surface area contributed by atoms with Crippen LogP contribution in [-0.4, -0.2) is 46.8 Å². The summed E-state index contributed by atoms with van der Waals surface area (Å²) in [5.41, 5.74) is 0.835. The first kappa shape index (κ1) is 21.2. The molecule has 0 saturated carbocycles. The fourth-order valence-corrected chi connectivity index (χ4v) is 4.99. The second-order valence-electron chi connectivity index (χ2n) is 6.35. The van der Waals surface area contributed by atoms with Crippen LogP contribution in [0, 0.1) is 0 Å². The Morgan fingerprint density at radius 1 is 1.17 bits per heavy atom. The summed E-state index contributed by atoms with van der Waals surface area (Å²) in [6.45, 7) is 3.59. The molecule has 0 aliphatic carbocycles. The molecule has 2 aliphatic rings. The molecule has 1 aromatic rings. The molecule has 1 N–H and O–H groups in total. The molecule has 7 nitrogen and oxygen atoms in total. The average molecular weight is 480 g/mol. The van der Waals surface area contributed by atoms with Gasteiger partial charge >= 0.3 is 11.9 Å². The number of hydrogen-bond acceptors (Lipinski definition) is 8. The minimum atomic E-state index is -1.51. The van der Waals surface area contributed by atoms with Gasteiger partial charge in [0.1, 0.15) is 5.75 Å². The summed E-state index contributed by atoms with van der Waals surface area (Å²) in [6.07, 6.45) is 2.81. The predicted octanol–water partition coefficient (Wildman–Crippen LogP) is 3.50. The van der Waals surface area contributed by atoms with Crippen molar-refractivity contribution in [3.05, 3.63) is 62.3 Å². The number of fused-ring (bicyclic) bond motifs is 1. The van der Waals surface area contributed by atoms with Gasteiger partial charge in [0.25, 0.3) is 0 Å². The van der Waals surface area contributed by atoms with Crippen LogP contribution in [0.15, 0.2) is 56.7 Å². The molecular formula is C20H18BrNO6S. The quantitative estimate of drug-likeness (QED) is 0.517. The lowest BCUT2D eigenvalue weighted by Crippen LogP contribution is -2.52. The van der Waals surface area contributed by atoms with Gasteiger partial charge in [-0.25, -0.2) is 9.59 Å². The summed E-state index contributed by atoms with van der Waals surface area (Å²) >= 11 is 4.34. The second kappa shape index (κ2) is 7.72. The van der Waals surface area contributed by atoms with Crippen molar-refractivity contribution in [2.45, 2.75) is 18.7 Å². The van der Waals surface area contributed by atoms with Crippen LogP contribution in [0.1, 0.15) is 24.2 Å². The van der Waals surface area contributed by atoms with E-state index in [0.717, 1.165) is 16.7 Å². The summed E-state index contributed by atoms with van der Waals surface area (Å²) in [6, 6.07) is 4.70. The Kier molecular flexibility index (Phi) is 5.64. The Bertz CT molecular complexity index is 1030. The van der Waals surface area contributed by atoms with E-state index in [2.05, 4.69) is 15.9 Å². The maximum absolute atomic E-state index is 13.1. The standard InChI is InChI=1S/C20H18BrNO6S/c1-10-11(2)29-20(19(26)28-4)14(18(25)27-3)8-12(9-22(10)20)16(23)13-6-5-7-15(21)17(13)24/h5-9,24H,1-4H3. The lowest BCUT2D eigenvalue weighted by atomic mass is 9.93. The topological polar surface area (TPSA) is 93.1 Å². The molecule has 0 fully saturated rings. The number of aromatic hydroxyl groups is 1. The Balaban J connectivity index is 2.22. The number of carbonyl (C=O) groups excluding carboxylic acids is 3. The Hall–Kier alpha value is -2.52. The highest BCUT2D eigenvalue weighted by Gasteiger charge is 2.58. The van der Waals surface area contributed by atoms with Crippen LogP contribution in [0.3, 0.4) is 0 Å². The highest BCUT2D eigenvalue weighted by atomic mass is 79.9. The molecule has 29 heavy (non-hydrogen) atoms. The van der Waals surface area contributed by atoms with Gasteiger partial charge < -0.3 is 19.5 Å². The Labute approximate surface area is 180 Å². The maximum Gasteiger partial charge on any atom is 0.348 e. The zero-order valence-electron chi connectivity index (χ0n) is 16.1. The van der Waals surface area contributed by atoms with Crippen LogP contribution >= 0.6 is 27.7 Å². The van der Waals surface area contributed by atoms with Crippen LogP contribution in [0.4, 0.5) is 0 Å². The summed E-state index contributed by atoms with van der Waals surface area (Å²) in [5, 5.41) is 10.3. The lowest BCUT2D eigenvalue weighted by Gasteiger charge is -2.38. The van der Waals surface area contributed by atoms with Gasteiger partial charge in [-0.3, -0.25) is 4.79 Å². The van der Waals surface area contributed by atoms with Gasteiger partial charge in [-0.15, -0.1) is 0 Å². The zero-order chi connectivity index (χ0) is 21.5. The van der Waals surface area contributed by atoms with Crippen molar-refractivity contribution in [2.75, 3.05) is 14.2 Å². The molecule has 0 aromatic heterocycles. The molecule has 0 radical (unpaired) electrons. The molecule has 2 aliphatic heterocycles. The summed E-state index contributed by atoms with van der Waals surface area (Å²) in [7, 11) is 2.43. The number of para-hydroxylation sites is 1. The van der Waals surface area contributed by atoms with E-state index >= 15 is 0 Å². The van der Waals surface area contributed by atoms with E-state index in [-0.39, 0.29) is 22.5 Å². The van der Waals surface area contributed by atoms with Crippen molar-refractivity contribution in [3.8, 4) is 5.75 Å². The molecule has 3 rings (SSSR count). The number of carbonyl (C=O) groups is 3. The van der Waals surface area contributed by atoms with Crippen molar-refractivity contribution in [1.29, 1.82) is 0 Å². The van der Waals surface area contributed by atoms with Gasteiger partial charge in [0.2, 0.25) is 4.87 Å². The number of phenolic OH excluding ortho intramolecular Hbond substituents is 1. The third-order valence-electron chi connectivity index (χ3n) is 4.81. The minimum Gasteiger partial charge on any atom is -0.506 e. The molecule has 1 unspecified atom stereocenters. The SMILES string of the molecule is COC(=O)C1=CC(C(=O)c2cccc(Br)c2O)=CN2C(C)=C(C)SC12C(=O)OC. The number of allylic oxidation sites excluding steroid dienone is 4. The maximum atomic E-state index is 13.1. The van der Waals surface area contributed by atoms with Crippen molar-refractivity contribution in [2.24, 2.45) is 0 Å². The van der Waals surface area contributed by atoms with E-state index in [4.69, 9.17) is 9.47 Å². The zero-order valence-corrected chi connectivity index (χ0v) is 18.5. The van der Waals surface area contributed by atoms with E-state index in [0.29, 0.717) is 10.2 Å². The Morgan fingerprint density at radius 3 is 2.48 bits per heavy atom. The number of rotatable bonds is 4. The van der Waals surface area contributed by atoms with E-state index < -0.39 is 22.6 Å². The van der Waals surface area contributed by atoms with Crippen molar-refractivity contribution >= 4 is 45.4 Å². The first-order chi connectivity index (χ1) is 13.7. The summed E-state index contributed by atoms with van der Waals surface area (Å²) in [4.78, 5) is 39.4. The van der Waals surface area contributed by atoms with Gasteiger partial charge in [-0.2, -0.15) is 0 Å². The van der Waals surface area contributed by atoms with Crippen molar-refractivity contribution < 1.29 is 29.0 Å². The van der Waals surface area contributed by atoms with E-state index in [1.165, 1.54) is 32.6 Å². The summed E-state index contributed by atoms with van der Waals surface area (Å²) in [5.74, 6) is -2.14. The number of nitrogens with zero attached hydrogens (tertiary/aromatic N) is 1. The number of hydrogen-bond donors (Lipinski definition) is 1. The molecule has 9 heteroatoms. The van der Waals surface area contributed by atoms with Gasteiger partial charge in [0.15, 0.2) is 5.78 Å². The Morgan fingerprint density at radius 2 is 1.86 bits per heavy atom. The highest BCUT2D eigenvalue weighted by Crippen LogP contribution is 2.53. The van der Waals surface area contributed by atoms with E-state index in [9.17, 15) is 19.5 Å². The third kappa shape index (κ3) is 3.18. The number of esters is 2. The second-order valence-corrected chi connectivity index (χ2v) is 8.61. The van der Waals surface area contributed by atoms with E-state index in [1.54, 1.807) is 24.0 Å². The van der Waals surface area contributed by atoms with Crippen molar-refractivity contribution in [1.82, 2.24) is 4.90 Å². The fourth-order valence-electron chi connectivity index (χ4n) is 3.23.